The number of methoxy groups -OCH3 is 1. The van der Waals surface area contributed by atoms with E-state index in [-0.39, 0.29) is 0 Å². The largest absolute Gasteiger partial charge is 0.466 e. The van der Waals surface area contributed by atoms with E-state index in [1.807, 2.05) is 18.2 Å². The molecule has 1 aliphatic rings. The lowest BCUT2D eigenvalue weighted by atomic mass is 9.81. The molecule has 0 fully saturated rings. The standard InChI is InChI=1S/C16H14BrClN2O2/c1-9-11(8-19)14(10-5-3-4-6-12(10)18)15(16(21)22-2)13(7-17)20-9/h3-6,14,20H,7H2,1-2H3. The molecule has 1 aromatic carbocycles. The molecular weight excluding hydrogens is 368 g/mol. The predicted octanol–water partition coefficient (Wildman–Crippen LogP) is 3.65. The molecule has 0 spiro atoms. The van der Waals surface area contributed by atoms with Gasteiger partial charge in [0.1, 0.15) is 0 Å². The number of esters is 1. The van der Waals surface area contributed by atoms with Gasteiger partial charge in [-0.25, -0.2) is 4.79 Å². The molecule has 0 saturated heterocycles. The van der Waals surface area contributed by atoms with Crippen LogP contribution in [0.25, 0.3) is 0 Å². The van der Waals surface area contributed by atoms with E-state index in [0.29, 0.717) is 38.5 Å². The van der Waals surface area contributed by atoms with Gasteiger partial charge in [0.2, 0.25) is 0 Å². The van der Waals surface area contributed by atoms with E-state index in [2.05, 4.69) is 27.3 Å². The maximum Gasteiger partial charge on any atom is 0.336 e. The molecule has 1 N–H and O–H groups in total. The number of hydrogen-bond acceptors (Lipinski definition) is 4. The summed E-state index contributed by atoms with van der Waals surface area (Å²) in [6.45, 7) is 1.80. The van der Waals surface area contributed by atoms with Gasteiger partial charge < -0.3 is 10.1 Å². The Labute approximate surface area is 142 Å². The van der Waals surface area contributed by atoms with Crippen LogP contribution in [0.3, 0.4) is 0 Å². The number of ether oxygens (including phenoxy) is 1. The van der Waals surface area contributed by atoms with Crippen LogP contribution in [0.1, 0.15) is 18.4 Å². The van der Waals surface area contributed by atoms with E-state index in [1.165, 1.54) is 7.11 Å². The fraction of sp³-hybridized carbons (Fsp3) is 0.250. The first-order chi connectivity index (χ1) is 10.5. The van der Waals surface area contributed by atoms with Crippen molar-refractivity contribution in [1.82, 2.24) is 5.32 Å². The maximum atomic E-state index is 12.3. The van der Waals surface area contributed by atoms with Crippen molar-refractivity contribution in [3.8, 4) is 6.07 Å². The van der Waals surface area contributed by atoms with Crippen LogP contribution in [0.15, 0.2) is 46.8 Å². The Bertz CT molecular complexity index is 719. The molecule has 4 nitrogen and oxygen atoms in total. The van der Waals surface area contributed by atoms with Gasteiger partial charge in [0, 0.05) is 21.7 Å². The first kappa shape index (κ1) is 16.6. The van der Waals surface area contributed by atoms with E-state index >= 15 is 0 Å². The zero-order chi connectivity index (χ0) is 16.3. The molecule has 0 amide bonds. The Morgan fingerprint density at radius 3 is 2.73 bits per heavy atom. The van der Waals surface area contributed by atoms with E-state index in [9.17, 15) is 10.1 Å². The zero-order valence-corrected chi connectivity index (χ0v) is 14.5. The van der Waals surface area contributed by atoms with Crippen LogP contribution in [0, 0.1) is 11.3 Å². The third kappa shape index (κ3) is 2.90. The van der Waals surface area contributed by atoms with Gasteiger partial charge in [-0.2, -0.15) is 5.26 Å². The fourth-order valence-corrected chi connectivity index (χ4v) is 3.21. The second-order valence-electron chi connectivity index (χ2n) is 4.75. The number of nitrogens with one attached hydrogen (secondary N) is 1. The third-order valence-electron chi connectivity index (χ3n) is 3.52. The fourth-order valence-electron chi connectivity index (χ4n) is 2.52. The molecule has 1 unspecified atom stereocenters. The van der Waals surface area contributed by atoms with Crippen LogP contribution in [-0.2, 0) is 9.53 Å². The number of benzene rings is 1. The van der Waals surface area contributed by atoms with Crippen molar-refractivity contribution in [1.29, 1.82) is 5.26 Å². The minimum Gasteiger partial charge on any atom is -0.466 e. The van der Waals surface area contributed by atoms with Crippen molar-refractivity contribution >= 4 is 33.5 Å². The molecule has 1 heterocycles. The number of carbonyl (C=O) groups excluding carboxylic acids is 1. The summed E-state index contributed by atoms with van der Waals surface area (Å²) in [7, 11) is 1.32. The highest BCUT2D eigenvalue weighted by molar-refractivity contribution is 9.09. The number of nitriles is 1. The summed E-state index contributed by atoms with van der Waals surface area (Å²) in [4.78, 5) is 12.3. The van der Waals surface area contributed by atoms with Crippen LogP contribution in [0.4, 0.5) is 0 Å². The van der Waals surface area contributed by atoms with Crippen LogP contribution in [-0.4, -0.2) is 18.4 Å². The second kappa shape index (κ2) is 6.99. The lowest BCUT2D eigenvalue weighted by molar-refractivity contribution is -0.136. The number of carbonyl (C=O) groups is 1. The SMILES string of the molecule is COC(=O)C1=C(CBr)NC(C)=C(C#N)C1c1ccccc1Cl. The Kier molecular flexibility index (Phi) is 5.28. The van der Waals surface area contributed by atoms with Crippen molar-refractivity contribution in [2.75, 3.05) is 12.4 Å². The highest BCUT2D eigenvalue weighted by Gasteiger charge is 2.35. The molecule has 22 heavy (non-hydrogen) atoms. The predicted molar refractivity (Wildman–Crippen MR) is 88.5 cm³/mol. The minimum absolute atomic E-state index is 0.398. The van der Waals surface area contributed by atoms with E-state index < -0.39 is 11.9 Å². The van der Waals surface area contributed by atoms with Crippen molar-refractivity contribution in [2.45, 2.75) is 12.8 Å². The second-order valence-corrected chi connectivity index (χ2v) is 5.72. The maximum absolute atomic E-state index is 12.3. The van der Waals surface area contributed by atoms with Gasteiger partial charge >= 0.3 is 5.97 Å². The minimum atomic E-state index is -0.542. The van der Waals surface area contributed by atoms with Crippen LogP contribution in [0.2, 0.25) is 5.02 Å². The summed E-state index contributed by atoms with van der Waals surface area (Å²) in [5.41, 5.74) is 2.94. The molecule has 0 radical (unpaired) electrons. The molecule has 0 bridgehead atoms. The Balaban J connectivity index is 2.73. The normalized spacial score (nSPS) is 17.9. The summed E-state index contributed by atoms with van der Waals surface area (Å²) in [6, 6.07) is 9.38. The molecule has 114 valence electrons. The summed E-state index contributed by atoms with van der Waals surface area (Å²) >= 11 is 9.66. The average molecular weight is 382 g/mol. The van der Waals surface area contributed by atoms with E-state index in [0.717, 1.165) is 0 Å². The van der Waals surface area contributed by atoms with Crippen molar-refractivity contribution in [3.05, 3.63) is 57.4 Å². The van der Waals surface area contributed by atoms with Gasteiger partial charge in [-0.3, -0.25) is 0 Å². The smallest absolute Gasteiger partial charge is 0.336 e. The highest BCUT2D eigenvalue weighted by Crippen LogP contribution is 2.41. The topological polar surface area (TPSA) is 62.1 Å². The monoisotopic (exact) mass is 380 g/mol. The zero-order valence-electron chi connectivity index (χ0n) is 12.1. The molecule has 1 aliphatic heterocycles. The molecule has 6 heteroatoms. The third-order valence-corrected chi connectivity index (χ3v) is 4.43. The van der Waals surface area contributed by atoms with Gasteiger partial charge in [-0.15, -0.1) is 0 Å². The van der Waals surface area contributed by atoms with Crippen LogP contribution >= 0.6 is 27.5 Å². The first-order valence-corrected chi connectivity index (χ1v) is 8.04. The Morgan fingerprint density at radius 2 is 2.18 bits per heavy atom. The van der Waals surface area contributed by atoms with Crippen LogP contribution in [0.5, 0.6) is 0 Å². The van der Waals surface area contributed by atoms with E-state index in [4.69, 9.17) is 16.3 Å². The number of halogens is 2. The average Bonchev–Trinajstić information content (AvgIpc) is 2.53. The number of allylic oxidation sites excluding steroid dienone is 3. The summed E-state index contributed by atoms with van der Waals surface area (Å²) in [5, 5.41) is 13.6. The van der Waals surface area contributed by atoms with E-state index in [1.54, 1.807) is 13.0 Å². The molecule has 2 rings (SSSR count). The first-order valence-electron chi connectivity index (χ1n) is 6.54. The number of alkyl halides is 1. The lowest BCUT2D eigenvalue weighted by Gasteiger charge is -2.29. The van der Waals surface area contributed by atoms with Crippen molar-refractivity contribution in [3.63, 3.8) is 0 Å². The van der Waals surface area contributed by atoms with Gasteiger partial charge in [-0.1, -0.05) is 45.7 Å². The number of rotatable bonds is 3. The molecule has 0 aromatic heterocycles. The Hall–Kier alpha value is -1.77. The molecule has 1 aromatic rings. The number of hydrogen-bond donors (Lipinski definition) is 1. The van der Waals surface area contributed by atoms with Gasteiger partial charge in [0.05, 0.1) is 30.2 Å². The molecule has 1 atom stereocenters. The molecule has 0 saturated carbocycles. The summed E-state index contributed by atoms with van der Waals surface area (Å²) in [5.74, 6) is -1.02. The van der Waals surface area contributed by atoms with Crippen molar-refractivity contribution in [2.24, 2.45) is 0 Å². The molecule has 0 aliphatic carbocycles. The lowest BCUT2D eigenvalue weighted by Crippen LogP contribution is -2.30. The highest BCUT2D eigenvalue weighted by atomic mass is 79.9. The molecular formula is C16H14BrClN2O2. The quantitative estimate of drug-likeness (QED) is 0.641. The Morgan fingerprint density at radius 1 is 1.50 bits per heavy atom. The van der Waals surface area contributed by atoms with Gasteiger partial charge in [0.15, 0.2) is 0 Å². The summed E-state index contributed by atoms with van der Waals surface area (Å²) < 4.78 is 4.91. The van der Waals surface area contributed by atoms with Gasteiger partial charge in [0.25, 0.3) is 0 Å². The van der Waals surface area contributed by atoms with Crippen LogP contribution < -0.4 is 5.32 Å². The van der Waals surface area contributed by atoms with Crippen molar-refractivity contribution < 1.29 is 9.53 Å². The number of nitrogens with zero attached hydrogens (tertiary/aromatic N) is 1. The number of dihydropyridines is 1. The van der Waals surface area contributed by atoms with Gasteiger partial charge in [-0.05, 0) is 18.6 Å². The summed E-state index contributed by atoms with van der Waals surface area (Å²) in [6.07, 6.45) is 0.